The van der Waals surface area contributed by atoms with E-state index in [9.17, 15) is 4.79 Å². The number of likely N-dealkylation sites (N-methyl/N-ethyl adjacent to an activating group) is 1. The summed E-state index contributed by atoms with van der Waals surface area (Å²) < 4.78 is 7.17. The molecule has 20 heavy (non-hydrogen) atoms. The highest BCUT2D eigenvalue weighted by molar-refractivity contribution is 5.82. The van der Waals surface area contributed by atoms with Crippen LogP contribution in [0.15, 0.2) is 30.6 Å². The van der Waals surface area contributed by atoms with Crippen molar-refractivity contribution in [1.29, 1.82) is 0 Å². The third kappa shape index (κ3) is 2.52. The Balaban J connectivity index is 1.67. The van der Waals surface area contributed by atoms with Crippen LogP contribution < -0.4 is 5.32 Å². The highest BCUT2D eigenvalue weighted by Gasteiger charge is 2.26. The number of carbonyl (C=O) groups excluding carboxylic acids is 1. The maximum atomic E-state index is 12.2. The van der Waals surface area contributed by atoms with E-state index in [0.29, 0.717) is 19.8 Å². The Bertz CT molecular complexity index is 610. The lowest BCUT2D eigenvalue weighted by atomic mass is 10.2. The normalized spacial score (nSPS) is 20.1. The molecule has 1 aliphatic rings. The van der Waals surface area contributed by atoms with Gasteiger partial charge in [-0.3, -0.25) is 9.69 Å². The molecule has 1 N–H and O–H groups in total. The van der Waals surface area contributed by atoms with Gasteiger partial charge in [-0.05, 0) is 24.7 Å². The largest absolute Gasteiger partial charge is 0.378 e. The first kappa shape index (κ1) is 13.1. The predicted octanol–water partition coefficient (Wildman–Crippen LogP) is 0.281. The van der Waals surface area contributed by atoms with Gasteiger partial charge in [0.25, 0.3) is 0 Å². The zero-order valence-electron chi connectivity index (χ0n) is 11.5. The van der Waals surface area contributed by atoms with Crippen LogP contribution in [0.4, 0.5) is 0 Å². The quantitative estimate of drug-likeness (QED) is 0.873. The summed E-state index contributed by atoms with van der Waals surface area (Å²) in [7, 11) is 1.95. The van der Waals surface area contributed by atoms with E-state index < -0.39 is 0 Å². The number of aromatic nitrogens is 2. The maximum Gasteiger partial charge on any atom is 0.240 e. The Morgan fingerprint density at radius 1 is 1.55 bits per heavy atom. The summed E-state index contributed by atoms with van der Waals surface area (Å²) in [4.78, 5) is 14.2. The minimum Gasteiger partial charge on any atom is -0.378 e. The second kappa shape index (κ2) is 5.60. The number of pyridine rings is 1. The van der Waals surface area contributed by atoms with Crippen LogP contribution in [0, 0.1) is 0 Å². The molecule has 106 valence electrons. The molecule has 2 aromatic heterocycles. The van der Waals surface area contributed by atoms with Gasteiger partial charge in [-0.25, -0.2) is 4.52 Å². The van der Waals surface area contributed by atoms with Crippen molar-refractivity contribution in [3.63, 3.8) is 0 Å². The minimum absolute atomic E-state index is 0.00807. The van der Waals surface area contributed by atoms with Crippen molar-refractivity contribution in [2.24, 2.45) is 0 Å². The second-order valence-corrected chi connectivity index (χ2v) is 4.98. The van der Waals surface area contributed by atoms with E-state index in [0.717, 1.165) is 17.6 Å². The zero-order chi connectivity index (χ0) is 13.9. The number of amides is 1. The number of nitrogens with zero attached hydrogens (tertiary/aromatic N) is 3. The van der Waals surface area contributed by atoms with Gasteiger partial charge >= 0.3 is 0 Å². The maximum absolute atomic E-state index is 12.2. The van der Waals surface area contributed by atoms with E-state index in [2.05, 4.69) is 10.4 Å². The molecule has 6 nitrogen and oxygen atoms in total. The van der Waals surface area contributed by atoms with E-state index in [1.165, 1.54) is 0 Å². The molecule has 0 aromatic carbocycles. The fraction of sp³-hybridized carbons (Fsp3) is 0.429. The van der Waals surface area contributed by atoms with Gasteiger partial charge in [0.05, 0.1) is 18.7 Å². The SMILES string of the molecule is CN1CCOC[C@H]1C(=O)NCc1cccn2nccc12. The van der Waals surface area contributed by atoms with Gasteiger partial charge in [-0.2, -0.15) is 5.10 Å². The molecule has 0 bridgehead atoms. The molecule has 0 aliphatic carbocycles. The van der Waals surface area contributed by atoms with Crippen molar-refractivity contribution >= 4 is 11.4 Å². The Morgan fingerprint density at radius 3 is 3.30 bits per heavy atom. The second-order valence-electron chi connectivity index (χ2n) is 4.98. The van der Waals surface area contributed by atoms with Crippen LogP contribution in [0.25, 0.3) is 5.52 Å². The number of rotatable bonds is 3. The smallest absolute Gasteiger partial charge is 0.240 e. The summed E-state index contributed by atoms with van der Waals surface area (Å²) in [5.74, 6) is 0.00807. The predicted molar refractivity (Wildman–Crippen MR) is 74.3 cm³/mol. The first-order valence-electron chi connectivity index (χ1n) is 6.72. The minimum atomic E-state index is -0.201. The molecule has 2 aromatic rings. The van der Waals surface area contributed by atoms with Gasteiger partial charge in [0, 0.05) is 25.5 Å². The van der Waals surface area contributed by atoms with Crippen LogP contribution in [0.3, 0.4) is 0 Å². The molecule has 1 atom stereocenters. The van der Waals surface area contributed by atoms with Crippen LogP contribution in [0.1, 0.15) is 5.56 Å². The lowest BCUT2D eigenvalue weighted by molar-refractivity contribution is -0.131. The van der Waals surface area contributed by atoms with E-state index in [1.54, 1.807) is 10.7 Å². The van der Waals surface area contributed by atoms with E-state index in [1.807, 2.05) is 36.3 Å². The Labute approximate surface area is 117 Å². The topological polar surface area (TPSA) is 58.9 Å². The number of fused-ring (bicyclic) bond motifs is 1. The summed E-state index contributed by atoms with van der Waals surface area (Å²) in [5, 5.41) is 7.16. The number of hydrogen-bond donors (Lipinski definition) is 1. The molecule has 1 saturated heterocycles. The van der Waals surface area contributed by atoms with Gasteiger partial charge < -0.3 is 10.1 Å². The number of ether oxygens (including phenoxy) is 1. The third-order valence-electron chi connectivity index (χ3n) is 3.68. The van der Waals surface area contributed by atoms with Crippen molar-refractivity contribution in [2.75, 3.05) is 26.8 Å². The van der Waals surface area contributed by atoms with Crippen LogP contribution in [0.2, 0.25) is 0 Å². The molecular formula is C14H18N4O2. The van der Waals surface area contributed by atoms with Crippen molar-refractivity contribution in [3.05, 3.63) is 36.2 Å². The average Bonchev–Trinajstić information content (AvgIpc) is 2.94. The molecule has 1 fully saturated rings. The molecule has 6 heteroatoms. The molecule has 0 spiro atoms. The lowest BCUT2D eigenvalue weighted by Crippen LogP contribution is -2.51. The standard InChI is InChI=1S/C14H18N4O2/c1-17-7-8-20-10-13(17)14(19)15-9-11-3-2-6-18-12(11)4-5-16-18/h2-6,13H,7-10H2,1H3,(H,15,19)/t13-/m0/s1. The lowest BCUT2D eigenvalue weighted by Gasteiger charge is -2.31. The molecule has 0 unspecified atom stereocenters. The van der Waals surface area contributed by atoms with Gasteiger partial charge in [-0.1, -0.05) is 6.07 Å². The monoisotopic (exact) mass is 274 g/mol. The number of morpholine rings is 1. The Hall–Kier alpha value is -1.92. The average molecular weight is 274 g/mol. The van der Waals surface area contributed by atoms with Crippen LogP contribution in [0.5, 0.6) is 0 Å². The Kier molecular flexibility index (Phi) is 3.66. The number of nitrogens with one attached hydrogen (secondary N) is 1. The van der Waals surface area contributed by atoms with E-state index in [-0.39, 0.29) is 11.9 Å². The van der Waals surface area contributed by atoms with Crippen molar-refractivity contribution in [3.8, 4) is 0 Å². The highest BCUT2D eigenvalue weighted by atomic mass is 16.5. The number of carbonyl (C=O) groups is 1. The fourth-order valence-electron chi connectivity index (χ4n) is 2.43. The van der Waals surface area contributed by atoms with Crippen LogP contribution >= 0.6 is 0 Å². The van der Waals surface area contributed by atoms with Gasteiger partial charge in [-0.15, -0.1) is 0 Å². The van der Waals surface area contributed by atoms with E-state index >= 15 is 0 Å². The van der Waals surface area contributed by atoms with Crippen molar-refractivity contribution in [2.45, 2.75) is 12.6 Å². The highest BCUT2D eigenvalue weighted by Crippen LogP contribution is 2.10. The summed E-state index contributed by atoms with van der Waals surface area (Å²) in [6, 6.07) is 5.67. The van der Waals surface area contributed by atoms with Gasteiger partial charge in [0.1, 0.15) is 6.04 Å². The first-order valence-corrected chi connectivity index (χ1v) is 6.72. The van der Waals surface area contributed by atoms with Gasteiger partial charge in [0.2, 0.25) is 5.91 Å². The molecular weight excluding hydrogens is 256 g/mol. The van der Waals surface area contributed by atoms with Gasteiger partial charge in [0.15, 0.2) is 0 Å². The van der Waals surface area contributed by atoms with Crippen molar-refractivity contribution in [1.82, 2.24) is 19.8 Å². The summed E-state index contributed by atoms with van der Waals surface area (Å²) in [6.07, 6.45) is 3.65. The molecule has 0 saturated carbocycles. The van der Waals surface area contributed by atoms with Crippen LogP contribution in [-0.2, 0) is 16.1 Å². The molecule has 3 rings (SSSR count). The zero-order valence-corrected chi connectivity index (χ0v) is 11.5. The van der Waals surface area contributed by atoms with Crippen molar-refractivity contribution < 1.29 is 9.53 Å². The molecule has 1 aliphatic heterocycles. The summed E-state index contributed by atoms with van der Waals surface area (Å²) in [6.45, 7) is 2.43. The fourth-order valence-corrected chi connectivity index (χ4v) is 2.43. The Morgan fingerprint density at radius 2 is 2.45 bits per heavy atom. The van der Waals surface area contributed by atoms with Crippen LogP contribution in [-0.4, -0.2) is 53.3 Å². The van der Waals surface area contributed by atoms with E-state index in [4.69, 9.17) is 4.74 Å². The first-order chi connectivity index (χ1) is 9.75. The molecule has 1 amide bonds. The molecule has 3 heterocycles. The third-order valence-corrected chi connectivity index (χ3v) is 3.68. The summed E-state index contributed by atoms with van der Waals surface area (Å²) >= 11 is 0. The number of hydrogen-bond acceptors (Lipinski definition) is 4. The summed E-state index contributed by atoms with van der Waals surface area (Å²) in [5.41, 5.74) is 2.07. The molecule has 0 radical (unpaired) electrons.